The van der Waals surface area contributed by atoms with E-state index in [1.165, 1.54) is 238 Å². The van der Waals surface area contributed by atoms with Gasteiger partial charge in [0.2, 0.25) is 0 Å². The van der Waals surface area contributed by atoms with Crippen molar-refractivity contribution in [3.05, 3.63) is 36.5 Å². The van der Waals surface area contributed by atoms with Crippen LogP contribution in [0.3, 0.4) is 0 Å². The topological polar surface area (TPSA) is 78.9 Å². The van der Waals surface area contributed by atoms with Gasteiger partial charge < -0.3 is 14.2 Å². The monoisotopic (exact) mass is 1020 g/mol. The molecule has 0 aromatic heterocycles. The van der Waals surface area contributed by atoms with Crippen molar-refractivity contribution in [3.8, 4) is 0 Å². The number of hydrogen-bond acceptors (Lipinski definition) is 6. The van der Waals surface area contributed by atoms with Crippen LogP contribution in [0, 0.1) is 0 Å². The molecule has 0 heterocycles. The first-order chi connectivity index (χ1) is 36.0. The molecule has 0 amide bonds. The Kier molecular flexibility index (Phi) is 60.2. The molecular formula is C67H124O6. The second-order valence-corrected chi connectivity index (χ2v) is 22.0. The van der Waals surface area contributed by atoms with Gasteiger partial charge in [-0.1, -0.05) is 295 Å². The molecule has 6 nitrogen and oxygen atoms in total. The molecule has 0 aliphatic rings. The average Bonchev–Trinajstić information content (AvgIpc) is 3.39. The predicted octanol–water partition coefficient (Wildman–Crippen LogP) is 22.0. The molecule has 0 aliphatic heterocycles. The SMILES string of the molecule is CCCCC/C=C\C/C=C\CCCCCCCC(=O)OCC(COC(=O)CCCCCCCCCCCCCCCCCCCCCCCCC)OC(=O)CCCCCCCCC/C=C\CCCCCCCC. The van der Waals surface area contributed by atoms with Gasteiger partial charge >= 0.3 is 17.9 Å². The lowest BCUT2D eigenvalue weighted by Gasteiger charge is -2.18. The van der Waals surface area contributed by atoms with E-state index in [9.17, 15) is 14.4 Å². The molecule has 0 aliphatic carbocycles. The van der Waals surface area contributed by atoms with E-state index >= 15 is 0 Å². The number of esters is 3. The number of hydrogen-bond donors (Lipinski definition) is 0. The van der Waals surface area contributed by atoms with Crippen LogP contribution < -0.4 is 0 Å². The summed E-state index contributed by atoms with van der Waals surface area (Å²) in [6, 6.07) is 0. The van der Waals surface area contributed by atoms with Crippen LogP contribution in [0.1, 0.15) is 355 Å². The molecule has 0 aromatic carbocycles. The summed E-state index contributed by atoms with van der Waals surface area (Å²) in [5.41, 5.74) is 0. The van der Waals surface area contributed by atoms with E-state index < -0.39 is 6.10 Å². The minimum atomic E-state index is -0.779. The van der Waals surface area contributed by atoms with Crippen molar-refractivity contribution in [2.45, 2.75) is 361 Å². The Hall–Kier alpha value is -2.37. The van der Waals surface area contributed by atoms with Gasteiger partial charge in [0.05, 0.1) is 0 Å². The smallest absolute Gasteiger partial charge is 0.306 e. The average molecular weight is 1030 g/mol. The summed E-state index contributed by atoms with van der Waals surface area (Å²) < 4.78 is 16.9. The zero-order chi connectivity index (χ0) is 52.9. The van der Waals surface area contributed by atoms with E-state index in [1.807, 2.05) is 0 Å². The zero-order valence-corrected chi connectivity index (χ0v) is 49.2. The van der Waals surface area contributed by atoms with Gasteiger partial charge in [0.25, 0.3) is 0 Å². The molecule has 6 heteroatoms. The number of allylic oxidation sites excluding steroid dienone is 6. The first-order valence-electron chi connectivity index (χ1n) is 32.5. The van der Waals surface area contributed by atoms with Crippen molar-refractivity contribution >= 4 is 17.9 Å². The van der Waals surface area contributed by atoms with E-state index in [0.29, 0.717) is 19.3 Å². The molecule has 73 heavy (non-hydrogen) atoms. The molecule has 0 aromatic rings. The lowest BCUT2D eigenvalue weighted by atomic mass is 10.0. The van der Waals surface area contributed by atoms with Gasteiger partial charge in [-0.3, -0.25) is 14.4 Å². The Morgan fingerprint density at radius 2 is 0.493 bits per heavy atom. The summed E-state index contributed by atoms with van der Waals surface area (Å²) in [5.74, 6) is -0.870. The van der Waals surface area contributed by atoms with Gasteiger partial charge in [-0.15, -0.1) is 0 Å². The largest absolute Gasteiger partial charge is 0.462 e. The summed E-state index contributed by atoms with van der Waals surface area (Å²) in [5, 5.41) is 0. The fourth-order valence-electron chi connectivity index (χ4n) is 9.71. The molecule has 0 bridgehead atoms. The third kappa shape index (κ3) is 60.4. The second kappa shape index (κ2) is 62.2. The number of carbonyl (C=O) groups is 3. The van der Waals surface area contributed by atoms with Gasteiger partial charge in [-0.05, 0) is 77.0 Å². The highest BCUT2D eigenvalue weighted by atomic mass is 16.6. The summed E-state index contributed by atoms with van der Waals surface area (Å²) in [4.78, 5) is 38.3. The molecule has 0 radical (unpaired) electrons. The Morgan fingerprint density at radius 1 is 0.274 bits per heavy atom. The van der Waals surface area contributed by atoms with Crippen molar-refractivity contribution in [2.75, 3.05) is 13.2 Å². The van der Waals surface area contributed by atoms with Gasteiger partial charge in [0.1, 0.15) is 13.2 Å². The minimum Gasteiger partial charge on any atom is -0.462 e. The van der Waals surface area contributed by atoms with Crippen LogP contribution in [-0.2, 0) is 28.6 Å². The van der Waals surface area contributed by atoms with Crippen molar-refractivity contribution in [2.24, 2.45) is 0 Å². The number of rotatable bonds is 60. The normalized spacial score (nSPS) is 12.2. The maximum atomic E-state index is 12.9. The third-order valence-corrected chi connectivity index (χ3v) is 14.6. The lowest BCUT2D eigenvalue weighted by Crippen LogP contribution is -2.30. The second-order valence-electron chi connectivity index (χ2n) is 22.0. The number of carbonyl (C=O) groups excluding carboxylic acids is 3. The molecular weight excluding hydrogens is 901 g/mol. The van der Waals surface area contributed by atoms with Crippen LogP contribution >= 0.6 is 0 Å². The van der Waals surface area contributed by atoms with E-state index in [-0.39, 0.29) is 31.1 Å². The van der Waals surface area contributed by atoms with Gasteiger partial charge in [0.15, 0.2) is 6.10 Å². The van der Waals surface area contributed by atoms with E-state index in [2.05, 4.69) is 57.2 Å². The van der Waals surface area contributed by atoms with Crippen LogP contribution in [0.2, 0.25) is 0 Å². The quantitative estimate of drug-likeness (QED) is 0.0261. The highest BCUT2D eigenvalue weighted by molar-refractivity contribution is 5.71. The molecule has 0 saturated heterocycles. The highest BCUT2D eigenvalue weighted by Gasteiger charge is 2.19. The summed E-state index contributed by atoms with van der Waals surface area (Å²) in [6.45, 7) is 6.66. The predicted molar refractivity (Wildman–Crippen MR) is 316 cm³/mol. The van der Waals surface area contributed by atoms with Crippen molar-refractivity contribution in [1.29, 1.82) is 0 Å². The molecule has 0 spiro atoms. The van der Waals surface area contributed by atoms with E-state index in [0.717, 1.165) is 77.0 Å². The van der Waals surface area contributed by atoms with Crippen molar-refractivity contribution in [1.82, 2.24) is 0 Å². The van der Waals surface area contributed by atoms with Crippen molar-refractivity contribution < 1.29 is 28.6 Å². The van der Waals surface area contributed by atoms with Crippen LogP contribution in [0.4, 0.5) is 0 Å². The molecule has 1 unspecified atom stereocenters. The van der Waals surface area contributed by atoms with E-state index in [1.54, 1.807) is 0 Å². The Bertz CT molecular complexity index is 1220. The minimum absolute atomic E-state index is 0.0743. The van der Waals surface area contributed by atoms with Crippen LogP contribution in [-0.4, -0.2) is 37.2 Å². The summed E-state index contributed by atoms with van der Waals surface area (Å²) >= 11 is 0. The standard InChI is InChI=1S/C67H124O6/c1-4-7-10-13-16-19-22-25-28-30-31-32-33-34-35-37-39-42-45-48-51-54-57-60-66(69)72-63-64(62-71-65(68)59-56-53-50-47-44-41-38-27-24-21-18-15-12-9-6-3)73-67(70)61-58-55-52-49-46-43-40-36-29-26-23-20-17-14-11-8-5-2/h18,21,26-27,29,38,64H,4-17,19-20,22-25,28,30-37,39-63H2,1-3H3/b21-18-,29-26-,38-27-. The van der Waals surface area contributed by atoms with Crippen LogP contribution in [0.15, 0.2) is 36.5 Å². The zero-order valence-electron chi connectivity index (χ0n) is 49.2. The van der Waals surface area contributed by atoms with Crippen LogP contribution in [0.25, 0.3) is 0 Å². The number of unbranched alkanes of at least 4 members (excludes halogenated alkanes) is 43. The maximum absolute atomic E-state index is 12.9. The Labute approximate surface area is 455 Å². The molecule has 0 rings (SSSR count). The summed E-state index contributed by atoms with van der Waals surface area (Å²) in [7, 11) is 0. The third-order valence-electron chi connectivity index (χ3n) is 14.6. The molecule has 0 fully saturated rings. The first kappa shape index (κ1) is 70.6. The highest BCUT2D eigenvalue weighted by Crippen LogP contribution is 2.18. The van der Waals surface area contributed by atoms with E-state index in [4.69, 9.17) is 14.2 Å². The van der Waals surface area contributed by atoms with Gasteiger partial charge in [-0.2, -0.15) is 0 Å². The fraction of sp³-hybridized carbons (Fsp3) is 0.866. The lowest BCUT2D eigenvalue weighted by molar-refractivity contribution is -0.167. The van der Waals surface area contributed by atoms with Gasteiger partial charge in [-0.25, -0.2) is 0 Å². The maximum Gasteiger partial charge on any atom is 0.306 e. The molecule has 0 N–H and O–H groups in total. The molecule has 0 saturated carbocycles. The Balaban J connectivity index is 4.29. The van der Waals surface area contributed by atoms with Crippen molar-refractivity contribution in [3.63, 3.8) is 0 Å². The molecule has 1 atom stereocenters. The van der Waals surface area contributed by atoms with Crippen LogP contribution in [0.5, 0.6) is 0 Å². The molecule has 428 valence electrons. The fourth-order valence-corrected chi connectivity index (χ4v) is 9.71. The first-order valence-corrected chi connectivity index (χ1v) is 32.5. The summed E-state index contributed by atoms with van der Waals surface area (Å²) in [6.07, 6.45) is 75.8. The number of ether oxygens (including phenoxy) is 3. The van der Waals surface area contributed by atoms with Gasteiger partial charge in [0, 0.05) is 19.3 Å². The Morgan fingerprint density at radius 3 is 0.795 bits per heavy atom.